The average molecular weight is 395 g/mol. The van der Waals surface area contributed by atoms with Gasteiger partial charge in [0.05, 0.1) is 7.11 Å². The second-order valence-corrected chi connectivity index (χ2v) is 6.68. The van der Waals surface area contributed by atoms with Gasteiger partial charge >= 0.3 is 0 Å². The van der Waals surface area contributed by atoms with Gasteiger partial charge in [-0.05, 0) is 54.4 Å². The van der Waals surface area contributed by atoms with E-state index in [1.807, 2.05) is 25.1 Å². The van der Waals surface area contributed by atoms with Crippen LogP contribution in [0.2, 0.25) is 0 Å². The summed E-state index contributed by atoms with van der Waals surface area (Å²) >= 11 is 0. The first kappa shape index (κ1) is 18.9. The topological polar surface area (TPSA) is 55.7 Å². The Kier molecular flexibility index (Phi) is 5.12. The van der Waals surface area contributed by atoms with E-state index in [1.54, 1.807) is 19.2 Å². The number of halogens is 2. The number of benzene rings is 2. The van der Waals surface area contributed by atoms with E-state index < -0.39 is 11.8 Å². The van der Waals surface area contributed by atoms with Crippen molar-refractivity contribution in [3.63, 3.8) is 0 Å². The Labute approximate surface area is 167 Å². The van der Waals surface area contributed by atoms with Crippen LogP contribution < -0.4 is 10.1 Å². The van der Waals surface area contributed by atoms with E-state index in [2.05, 4.69) is 15.3 Å². The van der Waals surface area contributed by atoms with Gasteiger partial charge in [0.1, 0.15) is 24.2 Å². The highest BCUT2D eigenvalue weighted by molar-refractivity contribution is 5.91. The highest BCUT2D eigenvalue weighted by Gasteiger charge is 2.22. The zero-order valence-electron chi connectivity index (χ0n) is 15.9. The molecular weight excluding hydrogens is 376 g/mol. The first-order valence-corrected chi connectivity index (χ1v) is 9.07. The zero-order valence-corrected chi connectivity index (χ0v) is 15.9. The summed E-state index contributed by atoms with van der Waals surface area (Å²) in [5.74, 6) is -0.217. The van der Waals surface area contributed by atoms with Crippen LogP contribution in [0.4, 0.5) is 14.5 Å². The molecule has 3 aromatic rings. The number of nitrogens with one attached hydrogen (secondary N) is 1. The maximum absolute atomic E-state index is 14.2. The summed E-state index contributed by atoms with van der Waals surface area (Å²) in [7, 11) is 1.64. The van der Waals surface area contributed by atoms with Crippen molar-refractivity contribution in [1.82, 2.24) is 4.98 Å². The molecule has 2 aromatic carbocycles. The number of nitrogens with zero attached hydrogens (tertiary/aromatic N) is 2. The Morgan fingerprint density at radius 3 is 2.69 bits per heavy atom. The Hall–Kier alpha value is -3.48. The summed E-state index contributed by atoms with van der Waals surface area (Å²) in [4.78, 5) is 8.15. The second kappa shape index (κ2) is 7.87. The molecule has 0 saturated heterocycles. The Balaban J connectivity index is 1.54. The lowest BCUT2D eigenvalue weighted by atomic mass is 10.1. The Bertz CT molecular complexity index is 1070. The molecule has 1 unspecified atom stereocenters. The second-order valence-electron chi connectivity index (χ2n) is 6.68. The molecule has 1 aromatic heterocycles. The van der Waals surface area contributed by atoms with Crippen molar-refractivity contribution in [3.05, 3.63) is 77.6 Å². The molecule has 0 radical (unpaired) electrons. The molecule has 148 valence electrons. The van der Waals surface area contributed by atoms with Crippen LogP contribution in [-0.4, -0.2) is 24.7 Å². The van der Waals surface area contributed by atoms with Gasteiger partial charge in [0.2, 0.25) is 5.95 Å². The van der Waals surface area contributed by atoms with Crippen molar-refractivity contribution in [2.75, 3.05) is 19.0 Å². The number of hydrogen-bond acceptors (Lipinski definition) is 5. The fraction of sp³-hybridized carbons (Fsp3) is 0.182. The normalized spacial score (nSPS) is 15.6. The summed E-state index contributed by atoms with van der Waals surface area (Å²) in [6.45, 7) is 2.38. The number of amidine groups is 1. The van der Waals surface area contributed by atoms with Crippen LogP contribution in [-0.2, 0) is 4.74 Å². The maximum atomic E-state index is 14.2. The maximum Gasteiger partial charge on any atom is 0.290 e. The summed E-state index contributed by atoms with van der Waals surface area (Å²) < 4.78 is 38.2. The number of pyridine rings is 1. The van der Waals surface area contributed by atoms with Gasteiger partial charge in [-0.25, -0.2) is 14.4 Å². The van der Waals surface area contributed by atoms with Crippen LogP contribution in [0.3, 0.4) is 0 Å². The molecule has 0 fully saturated rings. The Morgan fingerprint density at radius 1 is 1.10 bits per heavy atom. The number of methoxy groups -OCH3 is 1. The highest BCUT2D eigenvalue weighted by Crippen LogP contribution is 2.29. The summed E-state index contributed by atoms with van der Waals surface area (Å²) in [6, 6.07) is 13.3. The lowest BCUT2D eigenvalue weighted by Gasteiger charge is -2.09. The van der Waals surface area contributed by atoms with Gasteiger partial charge in [-0.1, -0.05) is 12.1 Å². The van der Waals surface area contributed by atoms with Gasteiger partial charge in [-0.3, -0.25) is 0 Å². The molecule has 7 heteroatoms. The van der Waals surface area contributed by atoms with Crippen molar-refractivity contribution in [1.29, 1.82) is 0 Å². The number of aryl methyl sites for hydroxylation is 1. The summed E-state index contributed by atoms with van der Waals surface area (Å²) in [5.41, 5.74) is 3.45. The van der Waals surface area contributed by atoms with E-state index in [-0.39, 0.29) is 6.04 Å². The SMILES string of the molecule is COc1ccc(C2COC(Nc3ccc(F)c(-c4ccc(F)nc4)c3)=N2)cc1C. The molecule has 0 spiro atoms. The average Bonchev–Trinajstić information content (AvgIpc) is 3.18. The molecule has 5 nitrogen and oxygen atoms in total. The van der Waals surface area contributed by atoms with Crippen LogP contribution in [0.15, 0.2) is 59.7 Å². The third-order valence-electron chi connectivity index (χ3n) is 4.71. The van der Waals surface area contributed by atoms with Crippen LogP contribution in [0.1, 0.15) is 17.2 Å². The fourth-order valence-electron chi connectivity index (χ4n) is 3.20. The molecule has 0 bridgehead atoms. The number of aromatic nitrogens is 1. The van der Waals surface area contributed by atoms with Crippen molar-refractivity contribution in [2.24, 2.45) is 4.99 Å². The van der Waals surface area contributed by atoms with E-state index in [1.165, 1.54) is 24.4 Å². The highest BCUT2D eigenvalue weighted by atomic mass is 19.1. The third kappa shape index (κ3) is 4.03. The molecule has 29 heavy (non-hydrogen) atoms. The Morgan fingerprint density at radius 2 is 1.97 bits per heavy atom. The molecule has 2 heterocycles. The van der Waals surface area contributed by atoms with Gasteiger partial charge < -0.3 is 14.8 Å². The van der Waals surface area contributed by atoms with E-state index in [4.69, 9.17) is 9.47 Å². The first-order valence-electron chi connectivity index (χ1n) is 9.07. The van der Waals surface area contributed by atoms with Crippen LogP contribution in [0.5, 0.6) is 5.75 Å². The zero-order chi connectivity index (χ0) is 20.4. The van der Waals surface area contributed by atoms with Gasteiger partial charge in [0.25, 0.3) is 6.02 Å². The smallest absolute Gasteiger partial charge is 0.290 e. The van der Waals surface area contributed by atoms with Gasteiger partial charge in [-0.2, -0.15) is 4.39 Å². The quantitative estimate of drug-likeness (QED) is 0.640. The lowest BCUT2D eigenvalue weighted by molar-refractivity contribution is 0.318. The molecule has 4 rings (SSSR count). The molecule has 1 N–H and O–H groups in total. The fourth-order valence-corrected chi connectivity index (χ4v) is 3.20. The lowest BCUT2D eigenvalue weighted by Crippen LogP contribution is -2.11. The minimum atomic E-state index is -0.614. The predicted octanol–water partition coefficient (Wildman–Crippen LogP) is 4.88. The van der Waals surface area contributed by atoms with E-state index in [0.717, 1.165) is 16.9 Å². The first-order chi connectivity index (χ1) is 14.0. The minimum Gasteiger partial charge on any atom is -0.496 e. The number of rotatable bonds is 4. The number of aliphatic imine (C=N–C) groups is 1. The van der Waals surface area contributed by atoms with E-state index >= 15 is 0 Å². The van der Waals surface area contributed by atoms with Crippen LogP contribution in [0, 0.1) is 18.7 Å². The summed E-state index contributed by atoms with van der Waals surface area (Å²) in [5, 5.41) is 3.07. The molecule has 1 atom stereocenters. The van der Waals surface area contributed by atoms with Gasteiger partial charge in [-0.15, -0.1) is 0 Å². The van der Waals surface area contributed by atoms with Gasteiger partial charge in [0, 0.05) is 23.0 Å². The molecule has 0 aliphatic carbocycles. The van der Waals surface area contributed by atoms with E-state index in [9.17, 15) is 8.78 Å². The molecule has 0 saturated carbocycles. The van der Waals surface area contributed by atoms with Gasteiger partial charge in [0.15, 0.2) is 0 Å². The van der Waals surface area contributed by atoms with Crippen molar-refractivity contribution in [2.45, 2.75) is 13.0 Å². The molecule has 1 aliphatic heterocycles. The van der Waals surface area contributed by atoms with Crippen LogP contribution in [0.25, 0.3) is 11.1 Å². The molecule has 0 amide bonds. The third-order valence-corrected chi connectivity index (χ3v) is 4.71. The largest absolute Gasteiger partial charge is 0.496 e. The minimum absolute atomic E-state index is 0.136. The number of ether oxygens (including phenoxy) is 2. The van der Waals surface area contributed by atoms with Crippen molar-refractivity contribution >= 4 is 11.7 Å². The van der Waals surface area contributed by atoms with Crippen LogP contribution >= 0.6 is 0 Å². The monoisotopic (exact) mass is 395 g/mol. The standard InChI is InChI=1S/C22H19F2N3O2/c1-13-9-14(3-7-20(13)28-2)19-12-29-22(27-19)26-16-5-6-18(23)17(10-16)15-4-8-21(24)25-11-15/h3-11,19H,12H2,1-2H3,(H,26,27). The predicted molar refractivity (Wildman–Crippen MR) is 107 cm³/mol. The van der Waals surface area contributed by atoms with Crippen molar-refractivity contribution in [3.8, 4) is 16.9 Å². The summed E-state index contributed by atoms with van der Waals surface area (Å²) in [6.07, 6.45) is 1.29. The molecule has 1 aliphatic rings. The number of anilines is 1. The van der Waals surface area contributed by atoms with E-state index in [0.29, 0.717) is 29.4 Å². The molecular formula is C22H19F2N3O2. The number of hydrogen-bond donors (Lipinski definition) is 1. The van der Waals surface area contributed by atoms with Crippen molar-refractivity contribution < 1.29 is 18.3 Å².